The Balaban J connectivity index is 2.09. The lowest BCUT2D eigenvalue weighted by atomic mass is 10.0. The molecule has 0 aliphatic carbocycles. The fourth-order valence-corrected chi connectivity index (χ4v) is 2.37. The van der Waals surface area contributed by atoms with Gasteiger partial charge in [-0.05, 0) is 37.5 Å². The van der Waals surface area contributed by atoms with Crippen molar-refractivity contribution in [3.05, 3.63) is 61.5 Å². The zero-order valence-electron chi connectivity index (χ0n) is 13.1. The molecule has 0 saturated heterocycles. The van der Waals surface area contributed by atoms with Gasteiger partial charge in [-0.25, -0.2) is 4.68 Å². The highest BCUT2D eigenvalue weighted by atomic mass is 35.5. The number of rotatable bonds is 4. The largest absolute Gasteiger partial charge is 0.348 e. The minimum atomic E-state index is -0.590. The molecule has 2 aromatic rings. The number of carbonyl (C=O) groups is 1. The van der Waals surface area contributed by atoms with E-state index in [0.717, 1.165) is 15.8 Å². The molecule has 0 bridgehead atoms. The van der Waals surface area contributed by atoms with Crippen LogP contribution in [0.15, 0.2) is 29.2 Å². The fourth-order valence-electron chi connectivity index (χ4n) is 2.10. The number of carbonyl (C=O) groups excluding carboxylic acids is 1. The van der Waals surface area contributed by atoms with E-state index in [1.54, 1.807) is 0 Å². The van der Waals surface area contributed by atoms with Gasteiger partial charge in [-0.1, -0.05) is 41.4 Å². The molecule has 122 valence electrons. The summed E-state index contributed by atoms with van der Waals surface area (Å²) in [5.74, 6) is -0.330. The molecule has 1 atom stereocenters. The molecule has 0 saturated carbocycles. The molecule has 7 heteroatoms. The number of aromatic nitrogens is 2. The van der Waals surface area contributed by atoms with Crippen LogP contribution < -0.4 is 10.9 Å². The Hall–Kier alpha value is -1.85. The van der Waals surface area contributed by atoms with Crippen molar-refractivity contribution in [2.75, 3.05) is 0 Å². The van der Waals surface area contributed by atoms with Crippen molar-refractivity contribution in [3.8, 4) is 0 Å². The molecule has 1 unspecified atom stereocenters. The first-order valence-electron chi connectivity index (χ1n) is 7.07. The van der Waals surface area contributed by atoms with Crippen molar-refractivity contribution in [1.29, 1.82) is 0 Å². The molecule has 1 aromatic carbocycles. The van der Waals surface area contributed by atoms with Crippen LogP contribution in [-0.2, 0) is 11.3 Å². The van der Waals surface area contributed by atoms with Crippen LogP contribution in [0.4, 0.5) is 0 Å². The lowest BCUT2D eigenvalue weighted by Crippen LogP contribution is -2.35. The number of halogens is 2. The molecular formula is C16H17Cl2N3O2. The number of aryl methyl sites for hydroxylation is 2. The molecule has 0 radical (unpaired) electrons. The predicted molar refractivity (Wildman–Crippen MR) is 91.0 cm³/mol. The number of hydrogen-bond donors (Lipinski definition) is 1. The summed E-state index contributed by atoms with van der Waals surface area (Å²) in [5, 5.41) is 6.57. The lowest BCUT2D eigenvalue weighted by Gasteiger charge is -2.16. The summed E-state index contributed by atoms with van der Waals surface area (Å²) in [4.78, 5) is 24.0. The molecule has 0 spiro atoms. The molecule has 0 fully saturated rings. The Morgan fingerprint density at radius 2 is 2.00 bits per heavy atom. The summed E-state index contributed by atoms with van der Waals surface area (Å²) in [6.07, 6.45) is 1.24. The van der Waals surface area contributed by atoms with Crippen LogP contribution in [0.2, 0.25) is 10.0 Å². The molecule has 5 nitrogen and oxygen atoms in total. The van der Waals surface area contributed by atoms with E-state index in [0.29, 0.717) is 0 Å². The van der Waals surface area contributed by atoms with Crippen LogP contribution >= 0.6 is 23.2 Å². The summed E-state index contributed by atoms with van der Waals surface area (Å²) < 4.78 is 0.983. The van der Waals surface area contributed by atoms with E-state index in [1.165, 1.54) is 11.8 Å². The van der Waals surface area contributed by atoms with Crippen molar-refractivity contribution in [3.63, 3.8) is 0 Å². The van der Waals surface area contributed by atoms with Crippen LogP contribution in [0, 0.1) is 13.8 Å². The van der Waals surface area contributed by atoms with Crippen LogP contribution in [-0.4, -0.2) is 15.7 Å². The van der Waals surface area contributed by atoms with E-state index in [9.17, 15) is 9.59 Å². The zero-order valence-corrected chi connectivity index (χ0v) is 14.6. The van der Waals surface area contributed by atoms with Crippen molar-refractivity contribution in [2.45, 2.75) is 33.4 Å². The van der Waals surface area contributed by atoms with E-state index in [-0.39, 0.29) is 28.5 Å². The normalized spacial score (nSPS) is 12.0. The van der Waals surface area contributed by atoms with Gasteiger partial charge < -0.3 is 5.32 Å². The number of hydrogen-bond acceptors (Lipinski definition) is 3. The third kappa shape index (κ3) is 4.12. The lowest BCUT2D eigenvalue weighted by molar-refractivity contribution is -0.122. The Morgan fingerprint density at radius 1 is 1.30 bits per heavy atom. The molecule has 1 aromatic heterocycles. The Morgan fingerprint density at radius 3 is 2.65 bits per heavy atom. The van der Waals surface area contributed by atoms with Crippen LogP contribution in [0.3, 0.4) is 0 Å². The van der Waals surface area contributed by atoms with Crippen molar-refractivity contribution in [1.82, 2.24) is 15.1 Å². The first-order chi connectivity index (χ1) is 10.8. The van der Waals surface area contributed by atoms with Crippen molar-refractivity contribution in [2.24, 2.45) is 0 Å². The van der Waals surface area contributed by atoms with Gasteiger partial charge in [0.15, 0.2) is 0 Å². The number of nitrogens with zero attached hydrogens (tertiary/aromatic N) is 2. The van der Waals surface area contributed by atoms with E-state index < -0.39 is 5.56 Å². The summed E-state index contributed by atoms with van der Waals surface area (Å²) in [6.45, 7) is 5.72. The molecule has 1 N–H and O–H groups in total. The van der Waals surface area contributed by atoms with E-state index in [4.69, 9.17) is 23.2 Å². The van der Waals surface area contributed by atoms with E-state index >= 15 is 0 Å². The van der Waals surface area contributed by atoms with E-state index in [2.05, 4.69) is 10.4 Å². The maximum absolute atomic E-state index is 12.1. The van der Waals surface area contributed by atoms with Gasteiger partial charge in [0.2, 0.25) is 5.91 Å². The molecule has 1 heterocycles. The summed E-state index contributed by atoms with van der Waals surface area (Å²) >= 11 is 11.5. The summed E-state index contributed by atoms with van der Waals surface area (Å²) in [6, 6.07) is 5.83. The maximum Gasteiger partial charge on any atom is 0.287 e. The highest BCUT2D eigenvalue weighted by Crippen LogP contribution is 2.17. The number of nitrogens with one attached hydrogen (secondary N) is 1. The molecule has 1 amide bonds. The standard InChI is InChI=1S/C16H17Cl2N3O2/c1-9-4-5-12(6-10(9)2)11(3)20-14(22)8-21-16(23)15(18)13(17)7-19-21/h4-7,11H,8H2,1-3H3,(H,20,22). The van der Waals surface area contributed by atoms with Crippen LogP contribution in [0.25, 0.3) is 0 Å². The first kappa shape index (κ1) is 17.5. The smallest absolute Gasteiger partial charge is 0.287 e. The maximum atomic E-state index is 12.1. The summed E-state index contributed by atoms with van der Waals surface area (Å²) in [7, 11) is 0. The Bertz CT molecular complexity index is 802. The second kappa shape index (κ2) is 7.15. The second-order valence-electron chi connectivity index (χ2n) is 5.40. The van der Waals surface area contributed by atoms with Gasteiger partial charge in [0.25, 0.3) is 5.56 Å². The van der Waals surface area contributed by atoms with E-state index in [1.807, 2.05) is 39.0 Å². The van der Waals surface area contributed by atoms with Crippen molar-refractivity contribution >= 4 is 29.1 Å². The molecule has 0 aliphatic heterocycles. The average molecular weight is 354 g/mol. The van der Waals surface area contributed by atoms with Gasteiger partial charge in [0.05, 0.1) is 17.3 Å². The number of benzene rings is 1. The average Bonchev–Trinajstić information content (AvgIpc) is 2.50. The molecule has 0 aliphatic rings. The van der Waals surface area contributed by atoms with Crippen LogP contribution in [0.5, 0.6) is 0 Å². The molecular weight excluding hydrogens is 337 g/mol. The van der Waals surface area contributed by atoms with Gasteiger partial charge in [-0.3, -0.25) is 9.59 Å². The second-order valence-corrected chi connectivity index (χ2v) is 6.19. The van der Waals surface area contributed by atoms with Gasteiger partial charge in [-0.15, -0.1) is 0 Å². The minimum absolute atomic E-state index is 0.0665. The third-order valence-corrected chi connectivity index (χ3v) is 4.39. The van der Waals surface area contributed by atoms with Crippen LogP contribution in [0.1, 0.15) is 29.7 Å². The third-order valence-electron chi connectivity index (χ3n) is 3.64. The molecule has 23 heavy (non-hydrogen) atoms. The highest BCUT2D eigenvalue weighted by molar-refractivity contribution is 6.41. The fraction of sp³-hybridized carbons (Fsp3) is 0.312. The van der Waals surface area contributed by atoms with Gasteiger partial charge in [0, 0.05) is 0 Å². The summed E-state index contributed by atoms with van der Waals surface area (Å²) in [5.41, 5.74) is 2.76. The minimum Gasteiger partial charge on any atom is -0.348 e. The van der Waals surface area contributed by atoms with Gasteiger partial charge >= 0.3 is 0 Å². The SMILES string of the molecule is Cc1ccc(C(C)NC(=O)Cn2ncc(Cl)c(Cl)c2=O)cc1C. The quantitative estimate of drug-likeness (QED) is 0.918. The van der Waals surface area contributed by atoms with Gasteiger partial charge in [0.1, 0.15) is 11.6 Å². The Kier molecular flexibility index (Phi) is 5.44. The Labute approximate surface area is 144 Å². The van der Waals surface area contributed by atoms with Gasteiger partial charge in [-0.2, -0.15) is 5.10 Å². The first-order valence-corrected chi connectivity index (χ1v) is 7.83. The topological polar surface area (TPSA) is 64.0 Å². The highest BCUT2D eigenvalue weighted by Gasteiger charge is 2.14. The van der Waals surface area contributed by atoms with Crippen molar-refractivity contribution < 1.29 is 4.79 Å². The predicted octanol–water partition coefficient (Wildman–Crippen LogP) is 3.04. The monoisotopic (exact) mass is 353 g/mol. The zero-order chi connectivity index (χ0) is 17.1. The molecule has 2 rings (SSSR count). The number of amides is 1.